The van der Waals surface area contributed by atoms with Gasteiger partial charge in [0.2, 0.25) is 11.1 Å². The molecule has 6 heterocycles. The maximum Gasteiger partial charge on any atom is 0.376 e. The molecule has 0 unspecified atom stereocenters. The SMILES string of the molecule is COC(=O)c1nc(C)c2c(n1)N[C@H]1CCCN2C1.Cc1nc(Cl)nc2c1N1CCC[C@@H](C1)N2. The summed E-state index contributed by atoms with van der Waals surface area (Å²) in [6, 6.07) is 0.947. The maximum atomic E-state index is 11.5. The van der Waals surface area contributed by atoms with Gasteiger partial charge < -0.3 is 25.2 Å². The molecule has 33 heavy (non-hydrogen) atoms. The van der Waals surface area contributed by atoms with E-state index in [-0.39, 0.29) is 5.82 Å². The minimum atomic E-state index is -0.492. The van der Waals surface area contributed by atoms with Crippen LogP contribution in [0.5, 0.6) is 0 Å². The van der Waals surface area contributed by atoms with Crippen molar-refractivity contribution in [1.29, 1.82) is 0 Å². The number of carbonyl (C=O) groups excluding carboxylic acids is 1. The molecule has 2 saturated heterocycles. The average molecular weight is 473 g/mol. The quantitative estimate of drug-likeness (QED) is 0.475. The van der Waals surface area contributed by atoms with E-state index in [4.69, 9.17) is 11.6 Å². The summed E-state index contributed by atoms with van der Waals surface area (Å²) >= 11 is 5.86. The van der Waals surface area contributed by atoms with Gasteiger partial charge in [-0.25, -0.2) is 19.7 Å². The lowest BCUT2D eigenvalue weighted by Crippen LogP contribution is -2.47. The van der Waals surface area contributed by atoms with Crippen molar-refractivity contribution in [3.63, 3.8) is 0 Å². The van der Waals surface area contributed by atoms with Gasteiger partial charge in [0.05, 0.1) is 18.5 Å². The molecule has 176 valence electrons. The topological polar surface area (TPSA) is 108 Å². The molecule has 2 N–H and O–H groups in total. The van der Waals surface area contributed by atoms with Crippen LogP contribution < -0.4 is 20.4 Å². The molecule has 2 fully saturated rings. The Morgan fingerprint density at radius 2 is 1.45 bits per heavy atom. The number of methoxy groups -OCH3 is 1. The van der Waals surface area contributed by atoms with Crippen molar-refractivity contribution in [3.8, 4) is 0 Å². The molecular weight excluding hydrogens is 444 g/mol. The summed E-state index contributed by atoms with van der Waals surface area (Å²) in [7, 11) is 1.34. The fourth-order valence-electron chi connectivity index (χ4n) is 5.22. The van der Waals surface area contributed by atoms with Crippen LogP contribution in [0.2, 0.25) is 5.28 Å². The van der Waals surface area contributed by atoms with Crippen LogP contribution >= 0.6 is 11.6 Å². The van der Waals surface area contributed by atoms with Gasteiger partial charge in [-0.1, -0.05) is 0 Å². The second-order valence-corrected chi connectivity index (χ2v) is 9.29. The fourth-order valence-corrected chi connectivity index (χ4v) is 5.44. The van der Waals surface area contributed by atoms with Crippen LogP contribution in [0, 0.1) is 13.8 Å². The molecule has 0 amide bonds. The highest BCUT2D eigenvalue weighted by atomic mass is 35.5. The molecule has 0 aromatic carbocycles. The average Bonchev–Trinajstić information content (AvgIpc) is 2.78. The van der Waals surface area contributed by atoms with Crippen LogP contribution in [0.1, 0.15) is 47.7 Å². The molecule has 2 atom stereocenters. The van der Waals surface area contributed by atoms with E-state index in [1.807, 2.05) is 13.8 Å². The van der Waals surface area contributed by atoms with E-state index in [1.165, 1.54) is 26.4 Å². The van der Waals surface area contributed by atoms with Gasteiger partial charge in [0.1, 0.15) is 11.4 Å². The first-order valence-electron chi connectivity index (χ1n) is 11.5. The van der Waals surface area contributed by atoms with Crippen LogP contribution in [0.15, 0.2) is 0 Å². The summed E-state index contributed by atoms with van der Waals surface area (Å²) in [6.45, 7) is 8.10. The standard InChI is InChI=1S/C12H16N4O2.C10H13ClN4/c1-7-9-10(15-11(13-7)12(17)18-2)14-8-4-3-5-16(9)6-8;1-6-8-9(14-10(11)12-6)13-7-3-2-4-15(8)5-7/h8H,3-6H2,1-2H3,(H,13,14,15);7H,2-5H2,1H3,(H,12,13,14)/t8-;7-/m00/s1. The van der Waals surface area contributed by atoms with Crippen LogP contribution in [0.3, 0.4) is 0 Å². The number of anilines is 4. The lowest BCUT2D eigenvalue weighted by molar-refractivity contribution is 0.0586. The number of ether oxygens (including phenoxy) is 1. The number of piperidine rings is 2. The second kappa shape index (κ2) is 8.81. The van der Waals surface area contributed by atoms with E-state index in [9.17, 15) is 4.79 Å². The number of esters is 1. The zero-order valence-electron chi connectivity index (χ0n) is 19.2. The van der Waals surface area contributed by atoms with Crippen molar-refractivity contribution in [2.75, 3.05) is 53.7 Å². The fraction of sp³-hybridized carbons (Fsp3) is 0.591. The van der Waals surface area contributed by atoms with Gasteiger partial charge in [-0.15, -0.1) is 0 Å². The molecule has 0 saturated carbocycles. The number of hydrogen-bond donors (Lipinski definition) is 2. The second-order valence-electron chi connectivity index (χ2n) is 8.96. The van der Waals surface area contributed by atoms with Crippen molar-refractivity contribution >= 4 is 40.6 Å². The third-order valence-electron chi connectivity index (χ3n) is 6.61. The van der Waals surface area contributed by atoms with E-state index < -0.39 is 5.97 Å². The Balaban J connectivity index is 0.000000140. The smallest absolute Gasteiger partial charge is 0.376 e. The van der Waals surface area contributed by atoms with Crippen LogP contribution in [0.25, 0.3) is 0 Å². The molecule has 4 aliphatic rings. The van der Waals surface area contributed by atoms with Crippen molar-refractivity contribution < 1.29 is 9.53 Å². The van der Waals surface area contributed by atoms with Crippen LogP contribution in [0.4, 0.5) is 23.0 Å². The van der Waals surface area contributed by atoms with E-state index in [1.54, 1.807) is 0 Å². The zero-order chi connectivity index (χ0) is 23.1. The normalized spacial score (nSPS) is 22.1. The molecular formula is C22H29ClN8O2. The predicted molar refractivity (Wildman–Crippen MR) is 128 cm³/mol. The zero-order valence-corrected chi connectivity index (χ0v) is 19.9. The number of nitrogens with one attached hydrogen (secondary N) is 2. The van der Waals surface area contributed by atoms with Gasteiger partial charge in [0.25, 0.3) is 0 Å². The number of aryl methyl sites for hydroxylation is 2. The van der Waals surface area contributed by atoms with E-state index in [0.29, 0.717) is 17.4 Å². The monoisotopic (exact) mass is 472 g/mol. The summed E-state index contributed by atoms with van der Waals surface area (Å²) in [4.78, 5) is 33.2. The minimum Gasteiger partial charge on any atom is -0.463 e. The number of hydrogen-bond acceptors (Lipinski definition) is 10. The molecule has 0 radical (unpaired) electrons. The highest BCUT2D eigenvalue weighted by Gasteiger charge is 2.32. The van der Waals surface area contributed by atoms with Crippen molar-refractivity contribution in [2.24, 2.45) is 0 Å². The van der Waals surface area contributed by atoms with Gasteiger partial charge in [-0.2, -0.15) is 4.98 Å². The molecule has 0 aliphatic carbocycles. The Labute approximate surface area is 198 Å². The minimum absolute atomic E-state index is 0.127. The summed E-state index contributed by atoms with van der Waals surface area (Å²) < 4.78 is 4.67. The number of rotatable bonds is 1. The van der Waals surface area contributed by atoms with Gasteiger partial charge in [-0.3, -0.25) is 0 Å². The molecule has 0 spiro atoms. The summed E-state index contributed by atoms with van der Waals surface area (Å²) in [5, 5.41) is 7.15. The van der Waals surface area contributed by atoms with Crippen molar-refractivity contribution in [3.05, 3.63) is 22.5 Å². The summed E-state index contributed by atoms with van der Waals surface area (Å²) in [5.41, 5.74) is 3.96. The molecule has 6 rings (SSSR count). The molecule has 11 heteroatoms. The molecule has 2 aromatic rings. The first kappa shape index (κ1) is 21.9. The molecule has 2 aromatic heterocycles. The van der Waals surface area contributed by atoms with Gasteiger partial charge >= 0.3 is 5.97 Å². The highest BCUT2D eigenvalue weighted by Crippen LogP contribution is 2.36. The summed E-state index contributed by atoms with van der Waals surface area (Å²) in [5.74, 6) is 1.30. The number of aromatic nitrogens is 4. The Morgan fingerprint density at radius 1 is 0.909 bits per heavy atom. The Hall–Kier alpha value is -2.88. The van der Waals surface area contributed by atoms with Gasteiger partial charge in [0.15, 0.2) is 11.6 Å². The van der Waals surface area contributed by atoms with Crippen LogP contribution in [-0.2, 0) is 4.74 Å². The van der Waals surface area contributed by atoms with Gasteiger partial charge in [-0.05, 0) is 51.1 Å². The van der Waals surface area contributed by atoms with E-state index in [2.05, 4.69) is 45.1 Å². The van der Waals surface area contributed by atoms with Crippen LogP contribution in [-0.4, -0.2) is 71.3 Å². The van der Waals surface area contributed by atoms with E-state index >= 15 is 0 Å². The first-order valence-corrected chi connectivity index (χ1v) is 11.8. The molecule has 10 nitrogen and oxygen atoms in total. The largest absolute Gasteiger partial charge is 0.463 e. The van der Waals surface area contributed by atoms with Gasteiger partial charge in [0, 0.05) is 38.3 Å². The first-order chi connectivity index (χ1) is 15.9. The van der Waals surface area contributed by atoms with Crippen molar-refractivity contribution in [1.82, 2.24) is 19.9 Å². The third-order valence-corrected chi connectivity index (χ3v) is 6.78. The Morgan fingerprint density at radius 3 is 2.03 bits per heavy atom. The third kappa shape index (κ3) is 4.23. The molecule has 4 bridgehead atoms. The Bertz CT molecular complexity index is 1080. The maximum absolute atomic E-state index is 11.5. The van der Waals surface area contributed by atoms with Crippen molar-refractivity contribution in [2.45, 2.75) is 51.6 Å². The highest BCUT2D eigenvalue weighted by molar-refractivity contribution is 6.28. The number of halogens is 1. The number of fused-ring (bicyclic) bond motifs is 8. The lowest BCUT2D eigenvalue weighted by atomic mass is 10.0. The lowest BCUT2D eigenvalue weighted by Gasteiger charge is -2.41. The predicted octanol–water partition coefficient (Wildman–Crippen LogP) is 2.80. The summed E-state index contributed by atoms with van der Waals surface area (Å²) in [6.07, 6.45) is 4.78. The molecule has 4 aliphatic heterocycles. The number of nitrogens with zero attached hydrogens (tertiary/aromatic N) is 6. The number of carbonyl (C=O) groups is 1. The van der Waals surface area contributed by atoms with E-state index in [0.717, 1.165) is 67.0 Å². The Kier molecular flexibility index (Phi) is 5.86.